The molecule has 1 atom stereocenters. The van der Waals surface area contributed by atoms with E-state index >= 15 is 0 Å². The van der Waals surface area contributed by atoms with E-state index < -0.39 is 0 Å². The third kappa shape index (κ3) is 3.16. The van der Waals surface area contributed by atoms with Crippen LogP contribution in [0.5, 0.6) is 0 Å². The van der Waals surface area contributed by atoms with Crippen molar-refractivity contribution in [3.8, 4) is 0 Å². The van der Waals surface area contributed by atoms with Gasteiger partial charge in [0.25, 0.3) is 5.56 Å². The number of thiazole rings is 1. The minimum absolute atomic E-state index is 0.0162. The summed E-state index contributed by atoms with van der Waals surface area (Å²) < 4.78 is 2.59. The van der Waals surface area contributed by atoms with E-state index in [2.05, 4.69) is 24.3 Å². The Kier molecular flexibility index (Phi) is 4.56. The first kappa shape index (κ1) is 19.0. The first-order valence-corrected chi connectivity index (χ1v) is 12.2. The summed E-state index contributed by atoms with van der Waals surface area (Å²) in [7, 11) is 0. The van der Waals surface area contributed by atoms with Gasteiger partial charge in [-0.25, -0.2) is 4.99 Å². The van der Waals surface area contributed by atoms with Crippen LogP contribution in [0.4, 0.5) is 0 Å². The van der Waals surface area contributed by atoms with Gasteiger partial charge in [-0.15, -0.1) is 11.3 Å². The first-order valence-electron chi connectivity index (χ1n) is 10.1. The Morgan fingerprint density at radius 3 is 2.68 bits per heavy atom. The Balaban J connectivity index is 1.65. The van der Waals surface area contributed by atoms with Crippen molar-refractivity contribution in [2.75, 3.05) is 0 Å². The summed E-state index contributed by atoms with van der Waals surface area (Å²) in [6.07, 6.45) is 3.82. The van der Waals surface area contributed by atoms with E-state index in [9.17, 15) is 4.79 Å². The Hall–Kier alpha value is -2.73. The normalized spacial score (nSPS) is 17.7. The lowest BCUT2D eigenvalue weighted by Gasteiger charge is -2.30. The van der Waals surface area contributed by atoms with Crippen LogP contribution in [0, 0.1) is 0 Å². The van der Waals surface area contributed by atoms with Crippen LogP contribution < -0.4 is 14.9 Å². The Morgan fingerprint density at radius 1 is 1.03 bits per heavy atom. The zero-order valence-electron chi connectivity index (χ0n) is 16.4. The van der Waals surface area contributed by atoms with Crippen molar-refractivity contribution >= 4 is 46.0 Å². The third-order valence-electron chi connectivity index (χ3n) is 5.88. The number of benzene rings is 2. The van der Waals surface area contributed by atoms with Crippen LogP contribution in [0.25, 0.3) is 11.8 Å². The molecule has 0 radical (unpaired) electrons. The van der Waals surface area contributed by atoms with Gasteiger partial charge in [-0.1, -0.05) is 65.4 Å². The molecule has 0 saturated heterocycles. The summed E-state index contributed by atoms with van der Waals surface area (Å²) >= 11 is 9.27. The molecule has 1 aliphatic carbocycles. The fraction of sp³-hybridized carbons (Fsp3) is 0.120. The molecule has 3 heterocycles. The van der Waals surface area contributed by atoms with E-state index in [1.54, 1.807) is 11.3 Å². The van der Waals surface area contributed by atoms with Crippen LogP contribution >= 0.6 is 34.3 Å². The fourth-order valence-corrected chi connectivity index (χ4v) is 6.32. The van der Waals surface area contributed by atoms with E-state index in [1.807, 2.05) is 52.4 Å². The quantitative estimate of drug-likeness (QED) is 0.413. The molecular formula is C25H17ClN2OS2. The molecule has 0 saturated carbocycles. The van der Waals surface area contributed by atoms with E-state index in [-0.39, 0.29) is 11.6 Å². The fourth-order valence-electron chi connectivity index (χ4n) is 4.47. The molecule has 3 nitrogen and oxygen atoms in total. The van der Waals surface area contributed by atoms with Gasteiger partial charge in [0.1, 0.15) is 0 Å². The minimum atomic E-state index is -0.164. The second-order valence-electron chi connectivity index (χ2n) is 7.68. The van der Waals surface area contributed by atoms with Crippen molar-refractivity contribution < 1.29 is 0 Å². The number of hydrogen-bond donors (Lipinski definition) is 0. The van der Waals surface area contributed by atoms with Crippen LogP contribution in [-0.4, -0.2) is 4.57 Å². The van der Waals surface area contributed by atoms with Crippen molar-refractivity contribution in [1.82, 2.24) is 4.57 Å². The van der Waals surface area contributed by atoms with Gasteiger partial charge in [-0.05, 0) is 59.2 Å². The summed E-state index contributed by atoms with van der Waals surface area (Å²) in [5, 5.41) is 2.71. The number of allylic oxidation sites excluding steroid dienone is 1. The lowest BCUT2D eigenvalue weighted by molar-refractivity contribution is 0.585. The van der Waals surface area contributed by atoms with E-state index in [0.29, 0.717) is 9.55 Å². The van der Waals surface area contributed by atoms with E-state index in [4.69, 9.17) is 16.6 Å². The number of rotatable bonds is 2. The summed E-state index contributed by atoms with van der Waals surface area (Å²) in [6, 6.07) is 20.2. The van der Waals surface area contributed by atoms with Gasteiger partial charge in [0.05, 0.1) is 16.3 Å². The highest BCUT2D eigenvalue weighted by Gasteiger charge is 2.32. The average Bonchev–Trinajstić information content (AvgIpc) is 3.41. The lowest BCUT2D eigenvalue weighted by atomic mass is 9.83. The van der Waals surface area contributed by atoms with Crippen LogP contribution in [0.2, 0.25) is 5.02 Å². The zero-order chi connectivity index (χ0) is 20.9. The van der Waals surface area contributed by atoms with Gasteiger partial charge < -0.3 is 0 Å². The highest BCUT2D eigenvalue weighted by atomic mass is 35.5. The number of fused-ring (bicyclic) bond motifs is 3. The Labute approximate surface area is 191 Å². The highest BCUT2D eigenvalue weighted by molar-refractivity contribution is 7.11. The summed E-state index contributed by atoms with van der Waals surface area (Å²) in [4.78, 5) is 20.4. The van der Waals surface area contributed by atoms with Gasteiger partial charge in [-0.3, -0.25) is 9.36 Å². The molecule has 2 aromatic heterocycles. The summed E-state index contributed by atoms with van der Waals surface area (Å²) in [5.74, 6) is 0. The summed E-state index contributed by atoms with van der Waals surface area (Å²) in [6.45, 7) is 0. The van der Waals surface area contributed by atoms with Crippen molar-refractivity contribution in [2.45, 2.75) is 18.9 Å². The number of aryl methyl sites for hydroxylation is 1. The number of aromatic nitrogens is 1. The van der Waals surface area contributed by atoms with Gasteiger partial charge in [-0.2, -0.15) is 0 Å². The van der Waals surface area contributed by atoms with E-state index in [0.717, 1.165) is 33.8 Å². The topological polar surface area (TPSA) is 34.4 Å². The van der Waals surface area contributed by atoms with Gasteiger partial charge in [0.2, 0.25) is 0 Å². The minimum Gasteiger partial charge on any atom is -0.272 e. The third-order valence-corrected chi connectivity index (χ3v) is 7.93. The van der Waals surface area contributed by atoms with Crippen molar-refractivity contribution in [1.29, 1.82) is 0 Å². The second-order valence-corrected chi connectivity index (χ2v) is 10.1. The lowest BCUT2D eigenvalue weighted by Crippen LogP contribution is -2.38. The molecule has 2 aromatic carbocycles. The smallest absolute Gasteiger partial charge is 0.271 e. The molecule has 0 amide bonds. The molecule has 1 aliphatic heterocycles. The van der Waals surface area contributed by atoms with Crippen LogP contribution in [0.3, 0.4) is 0 Å². The highest BCUT2D eigenvalue weighted by Crippen LogP contribution is 2.41. The Morgan fingerprint density at radius 2 is 1.87 bits per heavy atom. The largest absolute Gasteiger partial charge is 0.272 e. The molecule has 0 spiro atoms. The number of hydrogen-bond acceptors (Lipinski definition) is 4. The number of halogens is 1. The van der Waals surface area contributed by atoms with E-state index in [1.165, 1.54) is 28.0 Å². The van der Waals surface area contributed by atoms with Crippen LogP contribution in [-0.2, 0) is 6.42 Å². The number of thiophene rings is 1. The molecule has 0 N–H and O–H groups in total. The summed E-state index contributed by atoms with van der Waals surface area (Å²) in [5.41, 5.74) is 5.80. The molecule has 2 aliphatic rings. The Bertz CT molecular complexity index is 1510. The maximum atomic E-state index is 13.5. The van der Waals surface area contributed by atoms with Crippen molar-refractivity contribution in [3.05, 3.63) is 118 Å². The molecule has 0 bridgehead atoms. The standard InChI is InChI=1S/C25H17ClN2OS2/c26-17-10-7-16(8-11-17)23-20-12-9-15-4-1-2-6-19(15)22(20)27-25-28(23)24(29)21(31-25)14-18-5-3-13-30-18/h1-8,10-11,13-14,23H,9,12H2/b21-14+/t23-/m0/s1. The predicted octanol–water partition coefficient (Wildman–Crippen LogP) is 5.03. The number of nitrogens with zero attached hydrogens (tertiary/aromatic N) is 2. The van der Waals surface area contributed by atoms with Gasteiger partial charge in [0, 0.05) is 15.5 Å². The molecule has 31 heavy (non-hydrogen) atoms. The molecule has 0 unspecified atom stereocenters. The second kappa shape index (κ2) is 7.45. The zero-order valence-corrected chi connectivity index (χ0v) is 18.8. The maximum absolute atomic E-state index is 13.5. The van der Waals surface area contributed by atoms with Gasteiger partial charge >= 0.3 is 0 Å². The molecule has 152 valence electrons. The predicted molar refractivity (Wildman–Crippen MR) is 129 cm³/mol. The van der Waals surface area contributed by atoms with Crippen molar-refractivity contribution in [2.24, 2.45) is 4.99 Å². The first-order chi connectivity index (χ1) is 15.2. The molecule has 4 aromatic rings. The molecule has 6 heteroatoms. The SMILES string of the molecule is O=c1/c(=C\c2cccs2)sc2n1[C@@H](c1ccc(Cl)cc1)C1=C(N=2)c2ccccc2CC1. The average molecular weight is 461 g/mol. The molecule has 0 fully saturated rings. The maximum Gasteiger partial charge on any atom is 0.271 e. The monoisotopic (exact) mass is 460 g/mol. The molecular weight excluding hydrogens is 444 g/mol. The van der Waals surface area contributed by atoms with Gasteiger partial charge in [0.15, 0.2) is 4.80 Å². The van der Waals surface area contributed by atoms with Crippen molar-refractivity contribution in [3.63, 3.8) is 0 Å². The van der Waals surface area contributed by atoms with Crippen LogP contribution in [0.1, 0.15) is 34.0 Å². The molecule has 6 rings (SSSR count). The van der Waals surface area contributed by atoms with Crippen LogP contribution in [0.15, 0.2) is 81.4 Å².